The molecule has 10 heteroatoms. The Morgan fingerprint density at radius 2 is 1.87 bits per heavy atom. The highest BCUT2D eigenvalue weighted by atomic mass is 35.5. The molecule has 1 N–H and O–H groups in total. The highest BCUT2D eigenvalue weighted by molar-refractivity contribution is 7.92. The first-order chi connectivity index (χ1) is 14.1. The van der Waals surface area contributed by atoms with E-state index in [1.54, 1.807) is 43.3 Å². The van der Waals surface area contributed by atoms with Crippen molar-refractivity contribution in [2.45, 2.75) is 20.4 Å². The number of benzene rings is 2. The van der Waals surface area contributed by atoms with E-state index in [2.05, 4.69) is 15.5 Å². The Kier molecular flexibility index (Phi) is 6.42. The van der Waals surface area contributed by atoms with E-state index in [1.165, 1.54) is 0 Å². The molecule has 0 saturated carbocycles. The number of nitrogens with one attached hydrogen (secondary N) is 1. The molecule has 0 spiro atoms. The number of aryl methyl sites for hydroxylation is 2. The van der Waals surface area contributed by atoms with Gasteiger partial charge in [0, 0.05) is 10.6 Å². The van der Waals surface area contributed by atoms with Crippen molar-refractivity contribution in [3.05, 3.63) is 64.5 Å². The minimum absolute atomic E-state index is 0.0239. The van der Waals surface area contributed by atoms with Crippen LogP contribution in [0.3, 0.4) is 0 Å². The molecule has 8 nitrogen and oxygen atoms in total. The lowest BCUT2D eigenvalue weighted by atomic mass is 10.1. The first kappa shape index (κ1) is 21.8. The average Bonchev–Trinajstić information content (AvgIpc) is 3.14. The average molecular weight is 449 g/mol. The summed E-state index contributed by atoms with van der Waals surface area (Å²) in [7, 11) is -3.66. The SMILES string of the molecule is Cc1ccc(N(CC(=O)NCc2nc(-c3ccc(Cl)cc3)no2)S(C)(=O)=O)c(C)c1. The Morgan fingerprint density at radius 1 is 1.17 bits per heavy atom. The van der Waals surface area contributed by atoms with Gasteiger partial charge < -0.3 is 9.84 Å². The molecule has 0 aliphatic heterocycles. The van der Waals surface area contributed by atoms with E-state index in [-0.39, 0.29) is 19.0 Å². The van der Waals surface area contributed by atoms with E-state index in [0.717, 1.165) is 27.3 Å². The molecule has 0 aliphatic carbocycles. The molecule has 3 aromatic rings. The van der Waals surface area contributed by atoms with Gasteiger partial charge >= 0.3 is 0 Å². The van der Waals surface area contributed by atoms with Crippen LogP contribution in [0.15, 0.2) is 47.0 Å². The Morgan fingerprint density at radius 3 is 2.50 bits per heavy atom. The number of amides is 1. The molecular weight excluding hydrogens is 428 g/mol. The number of hydrogen-bond acceptors (Lipinski definition) is 6. The monoisotopic (exact) mass is 448 g/mol. The van der Waals surface area contributed by atoms with Gasteiger partial charge in [-0.25, -0.2) is 8.42 Å². The maximum Gasteiger partial charge on any atom is 0.246 e. The van der Waals surface area contributed by atoms with Gasteiger partial charge in [-0.15, -0.1) is 0 Å². The van der Waals surface area contributed by atoms with Crippen LogP contribution in [0.25, 0.3) is 11.4 Å². The topological polar surface area (TPSA) is 105 Å². The molecule has 3 rings (SSSR count). The van der Waals surface area contributed by atoms with Crippen LogP contribution in [0.1, 0.15) is 17.0 Å². The highest BCUT2D eigenvalue weighted by Crippen LogP contribution is 2.23. The number of sulfonamides is 1. The third-order valence-electron chi connectivity index (χ3n) is 4.32. The maximum atomic E-state index is 12.4. The number of carbonyl (C=O) groups is 1. The molecule has 0 unspecified atom stereocenters. The number of nitrogens with zero attached hydrogens (tertiary/aromatic N) is 3. The predicted octanol–water partition coefficient (Wildman–Crippen LogP) is 3.09. The molecule has 0 atom stereocenters. The first-order valence-corrected chi connectivity index (χ1v) is 11.3. The second kappa shape index (κ2) is 8.85. The second-order valence-electron chi connectivity index (χ2n) is 6.85. The number of carbonyl (C=O) groups excluding carboxylic acids is 1. The standard InChI is InChI=1S/C20H21ClN4O4S/c1-13-4-9-17(14(2)10-13)25(30(3,27)28)12-18(26)22-11-19-23-20(24-29-19)15-5-7-16(21)8-6-15/h4-10H,11-12H2,1-3H3,(H,22,26). The lowest BCUT2D eigenvalue weighted by molar-refractivity contribution is -0.119. The van der Waals surface area contributed by atoms with Crippen LogP contribution in [0, 0.1) is 13.8 Å². The fourth-order valence-electron chi connectivity index (χ4n) is 2.87. The summed E-state index contributed by atoms with van der Waals surface area (Å²) in [4.78, 5) is 16.6. The van der Waals surface area contributed by atoms with Gasteiger partial charge in [-0.3, -0.25) is 9.10 Å². The van der Waals surface area contributed by atoms with E-state index in [9.17, 15) is 13.2 Å². The number of halogens is 1. The fourth-order valence-corrected chi connectivity index (χ4v) is 3.91. The van der Waals surface area contributed by atoms with Crippen molar-refractivity contribution in [3.63, 3.8) is 0 Å². The quantitative estimate of drug-likeness (QED) is 0.595. The van der Waals surface area contributed by atoms with E-state index in [1.807, 2.05) is 13.0 Å². The second-order valence-corrected chi connectivity index (χ2v) is 9.20. The summed E-state index contributed by atoms with van der Waals surface area (Å²) in [5.74, 6) is 0.0707. The molecule has 0 fully saturated rings. The Labute approximate surface area is 179 Å². The lowest BCUT2D eigenvalue weighted by Gasteiger charge is -2.23. The van der Waals surface area contributed by atoms with Crippen molar-refractivity contribution < 1.29 is 17.7 Å². The third-order valence-corrected chi connectivity index (χ3v) is 5.69. The summed E-state index contributed by atoms with van der Waals surface area (Å²) in [5.41, 5.74) is 2.94. The van der Waals surface area contributed by atoms with Crippen LogP contribution in [0.5, 0.6) is 0 Å². The van der Waals surface area contributed by atoms with Gasteiger partial charge in [0.1, 0.15) is 6.54 Å². The summed E-state index contributed by atoms with van der Waals surface area (Å²) in [6, 6.07) is 12.3. The molecule has 0 aliphatic rings. The molecule has 1 amide bonds. The zero-order valence-electron chi connectivity index (χ0n) is 16.7. The maximum absolute atomic E-state index is 12.4. The van der Waals surface area contributed by atoms with Gasteiger partial charge in [-0.05, 0) is 49.7 Å². The van der Waals surface area contributed by atoms with E-state index < -0.39 is 15.9 Å². The Bertz CT molecular complexity index is 1160. The number of rotatable bonds is 7. The van der Waals surface area contributed by atoms with Crippen LogP contribution >= 0.6 is 11.6 Å². The molecule has 1 aromatic heterocycles. The van der Waals surface area contributed by atoms with Crippen molar-refractivity contribution in [1.82, 2.24) is 15.5 Å². The Balaban J connectivity index is 1.67. The van der Waals surface area contributed by atoms with E-state index >= 15 is 0 Å². The smallest absolute Gasteiger partial charge is 0.246 e. The summed E-state index contributed by atoms with van der Waals surface area (Å²) >= 11 is 5.87. The van der Waals surface area contributed by atoms with Gasteiger partial charge in [0.05, 0.1) is 18.5 Å². The van der Waals surface area contributed by atoms with Gasteiger partial charge in [-0.1, -0.05) is 34.5 Å². The summed E-state index contributed by atoms with van der Waals surface area (Å²) < 4.78 is 30.7. The van der Waals surface area contributed by atoms with E-state index in [0.29, 0.717) is 16.5 Å². The molecule has 1 heterocycles. The predicted molar refractivity (Wildman–Crippen MR) is 115 cm³/mol. The lowest BCUT2D eigenvalue weighted by Crippen LogP contribution is -2.40. The minimum Gasteiger partial charge on any atom is -0.345 e. The van der Waals surface area contributed by atoms with Gasteiger partial charge in [0.2, 0.25) is 27.6 Å². The largest absolute Gasteiger partial charge is 0.345 e. The minimum atomic E-state index is -3.66. The number of aromatic nitrogens is 2. The fraction of sp³-hybridized carbons (Fsp3) is 0.250. The summed E-state index contributed by atoms with van der Waals surface area (Å²) in [6.07, 6.45) is 1.07. The molecular formula is C20H21ClN4O4S. The van der Waals surface area contributed by atoms with Crippen LogP contribution < -0.4 is 9.62 Å². The van der Waals surface area contributed by atoms with Crippen molar-refractivity contribution in [2.24, 2.45) is 0 Å². The van der Waals surface area contributed by atoms with Crippen molar-refractivity contribution in [1.29, 1.82) is 0 Å². The number of anilines is 1. The van der Waals surface area contributed by atoms with Crippen LogP contribution in [-0.2, 0) is 21.4 Å². The van der Waals surface area contributed by atoms with Crippen LogP contribution in [0.4, 0.5) is 5.69 Å². The van der Waals surface area contributed by atoms with E-state index in [4.69, 9.17) is 16.1 Å². The first-order valence-electron chi connectivity index (χ1n) is 9.03. The zero-order chi connectivity index (χ0) is 21.9. The van der Waals surface area contributed by atoms with Crippen LogP contribution in [-0.4, -0.2) is 37.3 Å². The zero-order valence-corrected chi connectivity index (χ0v) is 18.3. The molecule has 0 saturated heterocycles. The summed E-state index contributed by atoms with van der Waals surface area (Å²) in [5, 5.41) is 7.08. The molecule has 0 radical (unpaired) electrons. The van der Waals surface area contributed by atoms with Crippen molar-refractivity contribution in [3.8, 4) is 11.4 Å². The molecule has 30 heavy (non-hydrogen) atoms. The van der Waals surface area contributed by atoms with Crippen LogP contribution in [0.2, 0.25) is 5.02 Å². The van der Waals surface area contributed by atoms with Gasteiger partial charge in [0.15, 0.2) is 0 Å². The van der Waals surface area contributed by atoms with Crippen molar-refractivity contribution >= 4 is 33.2 Å². The molecule has 0 bridgehead atoms. The van der Waals surface area contributed by atoms with Gasteiger partial charge in [0.25, 0.3) is 0 Å². The summed E-state index contributed by atoms with van der Waals surface area (Å²) in [6.45, 7) is 3.33. The Hall–Kier alpha value is -2.91. The highest BCUT2D eigenvalue weighted by Gasteiger charge is 2.22. The van der Waals surface area contributed by atoms with Crippen molar-refractivity contribution in [2.75, 3.05) is 17.1 Å². The molecule has 158 valence electrons. The number of hydrogen-bond donors (Lipinski definition) is 1. The molecule has 2 aromatic carbocycles. The third kappa shape index (κ3) is 5.37. The van der Waals surface area contributed by atoms with Gasteiger partial charge in [-0.2, -0.15) is 4.98 Å². The normalized spacial score (nSPS) is 11.3.